The van der Waals surface area contributed by atoms with E-state index in [4.69, 9.17) is 0 Å². The largest absolute Gasteiger partial charge is 0.506 e. The van der Waals surface area contributed by atoms with Crippen molar-refractivity contribution in [3.8, 4) is 5.75 Å². The molecule has 1 aromatic carbocycles. The number of nitrogens with zero attached hydrogens (tertiary/aromatic N) is 2. The highest BCUT2D eigenvalue weighted by molar-refractivity contribution is 9.10. The van der Waals surface area contributed by atoms with E-state index in [1.165, 1.54) is 0 Å². The van der Waals surface area contributed by atoms with Crippen LogP contribution in [-0.4, -0.2) is 30.1 Å². The Balaban J connectivity index is 2.18. The van der Waals surface area contributed by atoms with Crippen molar-refractivity contribution in [1.82, 2.24) is 10.3 Å². The fourth-order valence-corrected chi connectivity index (χ4v) is 2.72. The fraction of sp³-hybridized carbons (Fsp3) is 0.250. The molecule has 0 aliphatic rings. The lowest BCUT2D eigenvalue weighted by molar-refractivity contribution is 0.0948. The number of amides is 1. The second-order valence-electron chi connectivity index (χ2n) is 5.21. The number of carbonyl (C=O) groups excluding carboxylic acids is 1. The second-order valence-corrected chi connectivity index (χ2v) is 6.06. The van der Waals surface area contributed by atoms with Crippen molar-refractivity contribution in [2.24, 2.45) is 0 Å². The van der Waals surface area contributed by atoms with Crippen molar-refractivity contribution in [3.63, 3.8) is 0 Å². The number of phenolic OH excluding ortho intramolecular Hbond substituents is 1. The van der Waals surface area contributed by atoms with Crippen molar-refractivity contribution in [1.29, 1.82) is 0 Å². The molecule has 1 aromatic heterocycles. The van der Waals surface area contributed by atoms with Gasteiger partial charge in [0.25, 0.3) is 5.91 Å². The molecule has 0 unspecified atom stereocenters. The SMILES string of the molecule is Cc1cc(Br)c(O)c(C(=O)NCc2cccnc2N(C)C)c1. The molecule has 116 valence electrons. The lowest BCUT2D eigenvalue weighted by Crippen LogP contribution is -2.24. The maximum absolute atomic E-state index is 12.3. The van der Waals surface area contributed by atoms with Crippen LogP contribution in [-0.2, 0) is 6.54 Å². The number of aromatic nitrogens is 1. The van der Waals surface area contributed by atoms with Gasteiger partial charge in [0.05, 0.1) is 10.0 Å². The lowest BCUT2D eigenvalue weighted by Gasteiger charge is -2.16. The summed E-state index contributed by atoms with van der Waals surface area (Å²) in [4.78, 5) is 18.5. The Morgan fingerprint density at radius 3 is 2.82 bits per heavy atom. The number of benzene rings is 1. The minimum Gasteiger partial charge on any atom is -0.506 e. The summed E-state index contributed by atoms with van der Waals surface area (Å²) in [5, 5.41) is 12.8. The average Bonchev–Trinajstić information content (AvgIpc) is 2.48. The molecule has 0 radical (unpaired) electrons. The van der Waals surface area contributed by atoms with Crippen LogP contribution in [0.15, 0.2) is 34.9 Å². The molecule has 1 heterocycles. The van der Waals surface area contributed by atoms with Crippen LogP contribution in [0.3, 0.4) is 0 Å². The van der Waals surface area contributed by atoms with Gasteiger partial charge in [0, 0.05) is 32.4 Å². The van der Waals surface area contributed by atoms with Crippen LogP contribution in [0.4, 0.5) is 5.82 Å². The molecule has 6 heteroatoms. The molecule has 2 N–H and O–H groups in total. The number of hydrogen-bond donors (Lipinski definition) is 2. The van der Waals surface area contributed by atoms with Gasteiger partial charge in [-0.1, -0.05) is 6.07 Å². The third-order valence-electron chi connectivity index (χ3n) is 3.18. The molecule has 2 aromatic rings. The van der Waals surface area contributed by atoms with Gasteiger partial charge in [-0.25, -0.2) is 4.98 Å². The topological polar surface area (TPSA) is 65.5 Å². The van der Waals surface area contributed by atoms with Crippen molar-refractivity contribution < 1.29 is 9.90 Å². The highest BCUT2D eigenvalue weighted by Crippen LogP contribution is 2.29. The number of nitrogens with one attached hydrogen (secondary N) is 1. The molecule has 2 rings (SSSR count). The number of pyridine rings is 1. The number of aryl methyl sites for hydroxylation is 1. The summed E-state index contributed by atoms with van der Waals surface area (Å²) in [5.41, 5.74) is 2.06. The maximum Gasteiger partial charge on any atom is 0.255 e. The molecule has 0 spiro atoms. The van der Waals surface area contributed by atoms with E-state index in [0.717, 1.165) is 16.9 Å². The van der Waals surface area contributed by atoms with E-state index in [2.05, 4.69) is 26.2 Å². The van der Waals surface area contributed by atoms with Crippen molar-refractivity contribution in [2.75, 3.05) is 19.0 Å². The standard InChI is InChI=1S/C16H18BrN3O2/c1-10-7-12(14(21)13(17)8-10)16(22)19-9-11-5-4-6-18-15(11)20(2)3/h4-8,21H,9H2,1-3H3,(H,19,22). The normalized spacial score (nSPS) is 10.4. The van der Waals surface area contributed by atoms with Gasteiger partial charge in [0.2, 0.25) is 0 Å². The second kappa shape index (κ2) is 6.79. The van der Waals surface area contributed by atoms with Gasteiger partial charge >= 0.3 is 0 Å². The average molecular weight is 364 g/mol. The van der Waals surface area contributed by atoms with Crippen LogP contribution in [0, 0.1) is 6.92 Å². The molecule has 0 bridgehead atoms. The summed E-state index contributed by atoms with van der Waals surface area (Å²) in [6.45, 7) is 2.21. The Kier molecular flexibility index (Phi) is 5.03. The van der Waals surface area contributed by atoms with Crippen molar-refractivity contribution in [2.45, 2.75) is 13.5 Å². The summed E-state index contributed by atoms with van der Waals surface area (Å²) < 4.78 is 0.507. The number of rotatable bonds is 4. The van der Waals surface area contributed by atoms with Crippen LogP contribution >= 0.6 is 15.9 Å². The van der Waals surface area contributed by atoms with Crippen LogP contribution in [0.2, 0.25) is 0 Å². The Morgan fingerprint density at radius 2 is 2.14 bits per heavy atom. The van der Waals surface area contributed by atoms with Crippen LogP contribution < -0.4 is 10.2 Å². The van der Waals surface area contributed by atoms with Crippen molar-refractivity contribution in [3.05, 3.63) is 51.6 Å². The third kappa shape index (κ3) is 3.57. The van der Waals surface area contributed by atoms with Gasteiger partial charge in [-0.2, -0.15) is 0 Å². The smallest absolute Gasteiger partial charge is 0.255 e. The molecule has 22 heavy (non-hydrogen) atoms. The summed E-state index contributed by atoms with van der Waals surface area (Å²) in [7, 11) is 3.80. The van der Waals surface area contributed by atoms with E-state index < -0.39 is 0 Å². The van der Waals surface area contributed by atoms with Gasteiger partial charge in [0.15, 0.2) is 0 Å². The summed E-state index contributed by atoms with van der Waals surface area (Å²) in [6, 6.07) is 7.16. The van der Waals surface area contributed by atoms with Gasteiger partial charge in [0.1, 0.15) is 11.6 Å². The van der Waals surface area contributed by atoms with Crippen LogP contribution in [0.25, 0.3) is 0 Å². The first-order chi connectivity index (χ1) is 10.4. The molecule has 1 amide bonds. The zero-order valence-corrected chi connectivity index (χ0v) is 14.3. The third-order valence-corrected chi connectivity index (χ3v) is 3.79. The molecule has 5 nitrogen and oxygen atoms in total. The zero-order valence-electron chi connectivity index (χ0n) is 12.7. The summed E-state index contributed by atoms with van der Waals surface area (Å²) in [5.74, 6) is 0.426. The number of phenols is 1. The first kappa shape index (κ1) is 16.3. The Labute approximate surface area is 138 Å². The van der Waals surface area contributed by atoms with Crippen LogP contribution in [0.1, 0.15) is 21.5 Å². The highest BCUT2D eigenvalue weighted by atomic mass is 79.9. The number of hydrogen-bond acceptors (Lipinski definition) is 4. The van der Waals surface area contributed by atoms with Gasteiger partial charge in [-0.3, -0.25) is 4.79 Å². The number of aromatic hydroxyl groups is 1. The maximum atomic E-state index is 12.3. The molecule has 0 saturated heterocycles. The Bertz CT molecular complexity index is 702. The van der Waals surface area contributed by atoms with E-state index in [0.29, 0.717) is 11.0 Å². The van der Waals surface area contributed by atoms with E-state index in [1.54, 1.807) is 18.3 Å². The molecule has 0 aliphatic carbocycles. The molecule has 0 aliphatic heterocycles. The molecular formula is C16H18BrN3O2. The van der Waals surface area contributed by atoms with E-state index >= 15 is 0 Å². The predicted octanol–water partition coefficient (Wildman–Crippen LogP) is 2.85. The predicted molar refractivity (Wildman–Crippen MR) is 90.3 cm³/mol. The quantitative estimate of drug-likeness (QED) is 0.876. The number of halogens is 1. The molecule has 0 fully saturated rings. The first-order valence-corrected chi connectivity index (χ1v) is 7.58. The number of carbonyl (C=O) groups is 1. The minimum atomic E-state index is -0.324. The molecular weight excluding hydrogens is 346 g/mol. The molecule has 0 atom stereocenters. The Hall–Kier alpha value is -2.08. The van der Waals surface area contributed by atoms with Gasteiger partial charge < -0.3 is 15.3 Å². The zero-order chi connectivity index (χ0) is 16.3. The highest BCUT2D eigenvalue weighted by Gasteiger charge is 2.15. The number of anilines is 1. The van der Waals surface area contributed by atoms with Crippen molar-refractivity contribution >= 4 is 27.7 Å². The Morgan fingerprint density at radius 1 is 1.41 bits per heavy atom. The van der Waals surface area contributed by atoms with E-state index in [-0.39, 0.29) is 17.2 Å². The van der Waals surface area contributed by atoms with Crippen LogP contribution in [0.5, 0.6) is 5.75 Å². The van der Waals surface area contributed by atoms with Gasteiger partial charge in [-0.15, -0.1) is 0 Å². The lowest BCUT2D eigenvalue weighted by atomic mass is 10.1. The first-order valence-electron chi connectivity index (χ1n) is 6.78. The fourth-order valence-electron chi connectivity index (χ4n) is 2.15. The van der Waals surface area contributed by atoms with E-state index in [9.17, 15) is 9.90 Å². The van der Waals surface area contributed by atoms with E-state index in [1.807, 2.05) is 38.1 Å². The minimum absolute atomic E-state index is 0.0536. The monoisotopic (exact) mass is 363 g/mol. The van der Waals surface area contributed by atoms with Gasteiger partial charge in [-0.05, 0) is 46.6 Å². The summed E-state index contributed by atoms with van der Waals surface area (Å²) in [6.07, 6.45) is 1.71. The summed E-state index contributed by atoms with van der Waals surface area (Å²) >= 11 is 3.25. The molecule has 0 saturated carbocycles.